The first-order valence-corrected chi connectivity index (χ1v) is 8.91. The van der Waals surface area contributed by atoms with E-state index in [1.807, 2.05) is 24.3 Å². The van der Waals surface area contributed by atoms with E-state index >= 15 is 0 Å². The zero-order valence-corrected chi connectivity index (χ0v) is 15.1. The molecule has 28 heavy (non-hydrogen) atoms. The van der Waals surface area contributed by atoms with E-state index in [0.29, 0.717) is 36.8 Å². The molecule has 1 aliphatic rings. The van der Waals surface area contributed by atoms with Gasteiger partial charge in [-0.25, -0.2) is 9.97 Å². The maximum Gasteiger partial charge on any atom is 0.433 e. The number of fused-ring (bicyclic) bond motifs is 1. The predicted octanol–water partition coefficient (Wildman–Crippen LogP) is 3.59. The van der Waals surface area contributed by atoms with Gasteiger partial charge in [-0.1, -0.05) is 29.4 Å². The normalized spacial score (nSPS) is 16.8. The summed E-state index contributed by atoms with van der Waals surface area (Å²) in [6, 6.07) is 7.42. The van der Waals surface area contributed by atoms with Crippen LogP contribution in [-0.4, -0.2) is 20.1 Å². The van der Waals surface area contributed by atoms with E-state index in [4.69, 9.17) is 10.3 Å². The van der Waals surface area contributed by atoms with Crippen molar-refractivity contribution >= 4 is 0 Å². The van der Waals surface area contributed by atoms with E-state index in [9.17, 15) is 13.2 Å². The lowest BCUT2D eigenvalue weighted by Crippen LogP contribution is -2.22. The van der Waals surface area contributed by atoms with Crippen LogP contribution in [0, 0.1) is 6.92 Å². The van der Waals surface area contributed by atoms with Crippen molar-refractivity contribution in [2.75, 3.05) is 0 Å². The van der Waals surface area contributed by atoms with Crippen LogP contribution in [0.3, 0.4) is 0 Å². The molecule has 0 spiro atoms. The summed E-state index contributed by atoms with van der Waals surface area (Å²) >= 11 is 0. The number of rotatable bonds is 3. The standard InChI is InChI=1S/C19H18F3N5O/c1-10-24-15-7-6-13(8-14(15)16(25-10)19(20,21)22)18-26-17(27-28-18)12-4-2-11(9-23)3-5-12/h2-5,13H,6-9,23H2,1H3. The van der Waals surface area contributed by atoms with Crippen LogP contribution in [0.4, 0.5) is 13.2 Å². The Morgan fingerprint density at radius 1 is 1.14 bits per heavy atom. The Hall–Kier alpha value is -2.81. The topological polar surface area (TPSA) is 90.7 Å². The summed E-state index contributed by atoms with van der Waals surface area (Å²) in [4.78, 5) is 12.2. The molecular weight excluding hydrogens is 371 g/mol. The summed E-state index contributed by atoms with van der Waals surface area (Å²) in [6.07, 6.45) is -3.40. The molecule has 2 aromatic heterocycles. The van der Waals surface area contributed by atoms with Gasteiger partial charge in [0.25, 0.3) is 0 Å². The molecule has 1 aliphatic carbocycles. The fourth-order valence-electron chi connectivity index (χ4n) is 3.49. The van der Waals surface area contributed by atoms with Crippen LogP contribution in [0.5, 0.6) is 0 Å². The van der Waals surface area contributed by atoms with E-state index in [0.717, 1.165) is 11.1 Å². The highest BCUT2D eigenvalue weighted by molar-refractivity contribution is 5.54. The average molecular weight is 389 g/mol. The summed E-state index contributed by atoms with van der Waals surface area (Å²) in [5.74, 6) is 0.563. The van der Waals surface area contributed by atoms with E-state index in [-0.39, 0.29) is 23.7 Å². The van der Waals surface area contributed by atoms with Gasteiger partial charge in [-0.3, -0.25) is 0 Å². The van der Waals surface area contributed by atoms with Gasteiger partial charge in [0.2, 0.25) is 11.7 Å². The second-order valence-corrected chi connectivity index (χ2v) is 6.84. The van der Waals surface area contributed by atoms with Crippen LogP contribution in [0.2, 0.25) is 0 Å². The molecule has 0 radical (unpaired) electrons. The van der Waals surface area contributed by atoms with Crippen molar-refractivity contribution in [1.29, 1.82) is 0 Å². The van der Waals surface area contributed by atoms with Crippen LogP contribution >= 0.6 is 0 Å². The number of aromatic nitrogens is 4. The van der Waals surface area contributed by atoms with Crippen LogP contribution < -0.4 is 5.73 Å². The molecular formula is C19H18F3N5O. The van der Waals surface area contributed by atoms with Crippen molar-refractivity contribution in [3.05, 3.63) is 58.5 Å². The molecule has 2 heterocycles. The Morgan fingerprint density at radius 2 is 1.89 bits per heavy atom. The Bertz CT molecular complexity index is 998. The minimum absolute atomic E-state index is 0.123. The lowest BCUT2D eigenvalue weighted by atomic mass is 9.85. The molecule has 3 aromatic rings. The van der Waals surface area contributed by atoms with Crippen LogP contribution in [0.25, 0.3) is 11.4 Å². The number of hydrogen-bond acceptors (Lipinski definition) is 6. The smallest absolute Gasteiger partial charge is 0.339 e. The average Bonchev–Trinajstić information content (AvgIpc) is 3.16. The van der Waals surface area contributed by atoms with Gasteiger partial charge in [0.15, 0.2) is 5.69 Å². The first-order valence-electron chi connectivity index (χ1n) is 8.91. The minimum Gasteiger partial charge on any atom is -0.339 e. The summed E-state index contributed by atoms with van der Waals surface area (Å²) in [6.45, 7) is 1.91. The number of nitrogens with zero attached hydrogens (tertiary/aromatic N) is 4. The Morgan fingerprint density at radius 3 is 2.57 bits per heavy atom. The van der Waals surface area contributed by atoms with Gasteiger partial charge in [-0.15, -0.1) is 0 Å². The highest BCUT2D eigenvalue weighted by Crippen LogP contribution is 2.38. The molecule has 0 fully saturated rings. The van der Waals surface area contributed by atoms with E-state index < -0.39 is 11.9 Å². The van der Waals surface area contributed by atoms with E-state index in [2.05, 4.69) is 20.1 Å². The fourth-order valence-corrected chi connectivity index (χ4v) is 3.49. The van der Waals surface area contributed by atoms with Crippen molar-refractivity contribution in [2.24, 2.45) is 5.73 Å². The molecule has 9 heteroatoms. The Balaban J connectivity index is 1.62. The van der Waals surface area contributed by atoms with E-state index in [1.165, 1.54) is 6.92 Å². The van der Waals surface area contributed by atoms with Crippen molar-refractivity contribution in [3.8, 4) is 11.4 Å². The van der Waals surface area contributed by atoms with Crippen LogP contribution in [-0.2, 0) is 25.6 Å². The molecule has 4 rings (SSSR count). The number of alkyl halides is 3. The van der Waals surface area contributed by atoms with Crippen molar-refractivity contribution < 1.29 is 17.7 Å². The third-order valence-electron chi connectivity index (χ3n) is 4.89. The molecule has 2 N–H and O–H groups in total. The number of benzene rings is 1. The number of hydrogen-bond donors (Lipinski definition) is 1. The zero-order chi connectivity index (χ0) is 19.9. The molecule has 0 amide bonds. The summed E-state index contributed by atoms with van der Waals surface area (Å²) in [7, 11) is 0. The third kappa shape index (κ3) is 3.49. The molecule has 0 bridgehead atoms. The van der Waals surface area contributed by atoms with E-state index in [1.54, 1.807) is 0 Å². The maximum absolute atomic E-state index is 13.4. The van der Waals surface area contributed by atoms with Gasteiger partial charge in [0, 0.05) is 29.3 Å². The third-order valence-corrected chi connectivity index (χ3v) is 4.89. The summed E-state index contributed by atoms with van der Waals surface area (Å²) in [5, 5.41) is 3.99. The molecule has 6 nitrogen and oxygen atoms in total. The van der Waals surface area contributed by atoms with Gasteiger partial charge in [-0.05, 0) is 31.7 Å². The number of aryl methyl sites for hydroxylation is 2. The van der Waals surface area contributed by atoms with Crippen molar-refractivity contribution in [3.63, 3.8) is 0 Å². The largest absolute Gasteiger partial charge is 0.433 e. The van der Waals surface area contributed by atoms with Gasteiger partial charge in [0.05, 0.1) is 0 Å². The number of halogens is 3. The molecule has 0 saturated carbocycles. The summed E-state index contributed by atoms with van der Waals surface area (Å²) in [5.41, 5.74) is 7.05. The van der Waals surface area contributed by atoms with Gasteiger partial charge < -0.3 is 10.3 Å². The zero-order valence-electron chi connectivity index (χ0n) is 15.1. The van der Waals surface area contributed by atoms with Crippen LogP contribution in [0.1, 0.15) is 46.6 Å². The molecule has 1 unspecified atom stereocenters. The van der Waals surface area contributed by atoms with Gasteiger partial charge in [-0.2, -0.15) is 18.2 Å². The monoisotopic (exact) mass is 389 g/mol. The highest BCUT2D eigenvalue weighted by atomic mass is 19.4. The quantitative estimate of drug-likeness (QED) is 0.736. The minimum atomic E-state index is -4.52. The Kier molecular flexibility index (Phi) is 4.62. The first kappa shape index (κ1) is 18.5. The molecule has 146 valence electrons. The van der Waals surface area contributed by atoms with Crippen molar-refractivity contribution in [1.82, 2.24) is 20.1 Å². The Labute approximate surface area is 159 Å². The van der Waals surface area contributed by atoms with Crippen molar-refractivity contribution in [2.45, 2.75) is 44.8 Å². The lowest BCUT2D eigenvalue weighted by molar-refractivity contribution is -0.142. The molecule has 1 aromatic carbocycles. The predicted molar refractivity (Wildman–Crippen MR) is 94.2 cm³/mol. The number of nitrogens with two attached hydrogens (primary N) is 1. The summed E-state index contributed by atoms with van der Waals surface area (Å²) < 4.78 is 45.6. The molecule has 1 atom stereocenters. The molecule has 0 aliphatic heterocycles. The second kappa shape index (κ2) is 6.97. The van der Waals surface area contributed by atoms with Gasteiger partial charge >= 0.3 is 6.18 Å². The molecule has 0 saturated heterocycles. The second-order valence-electron chi connectivity index (χ2n) is 6.84. The maximum atomic E-state index is 13.4. The van der Waals surface area contributed by atoms with Crippen LogP contribution in [0.15, 0.2) is 28.8 Å². The lowest BCUT2D eigenvalue weighted by Gasteiger charge is -2.24. The highest BCUT2D eigenvalue weighted by Gasteiger charge is 2.39. The fraction of sp³-hybridized carbons (Fsp3) is 0.368. The van der Waals surface area contributed by atoms with Gasteiger partial charge in [0.1, 0.15) is 5.82 Å². The first-order chi connectivity index (χ1) is 13.3. The SMILES string of the molecule is Cc1nc2c(c(C(F)(F)F)n1)CC(c1nc(-c3ccc(CN)cc3)no1)CC2.